The first kappa shape index (κ1) is 5.14. The highest BCUT2D eigenvalue weighted by atomic mass is 28.2. The van der Waals surface area contributed by atoms with Crippen molar-refractivity contribution in [3.05, 3.63) is 0 Å². The van der Waals surface area contributed by atoms with Crippen molar-refractivity contribution in [1.82, 2.24) is 0 Å². The lowest BCUT2D eigenvalue weighted by Gasteiger charge is -1.82. The fourth-order valence-electron chi connectivity index (χ4n) is 0.0833. The van der Waals surface area contributed by atoms with Gasteiger partial charge in [0.15, 0.2) is 0 Å². The molecule has 0 saturated heterocycles. The molecule has 0 rings (SSSR count). The lowest BCUT2D eigenvalue weighted by Crippen LogP contribution is -1.91. The Balaban J connectivity index is 2.19. The molecule has 0 bridgehead atoms. The molecule has 2 nitrogen and oxygen atoms in total. The zero-order valence-electron chi connectivity index (χ0n) is 3.23. The van der Waals surface area contributed by atoms with Crippen molar-refractivity contribution in [3.63, 3.8) is 0 Å². The molecular weight excluding hydrogens is 84.1 g/mol. The molecule has 31 valence electrons. The second-order valence-electron chi connectivity index (χ2n) is 0.611. The minimum Gasteiger partial charge on any atom is -0.398 e. The van der Waals surface area contributed by atoms with E-state index < -0.39 is 10.0 Å². The van der Waals surface area contributed by atoms with Crippen molar-refractivity contribution in [3.8, 4) is 0 Å². The van der Waals surface area contributed by atoms with Crippen LogP contribution in [-0.4, -0.2) is 16.6 Å². The lowest BCUT2D eigenvalue weighted by atomic mass is 10.9. The molecular formula is C2H7O2Si. The average molecular weight is 91.2 g/mol. The topological polar surface area (TPSA) is 29.1 Å². The Morgan fingerprint density at radius 2 is 2.60 bits per heavy atom. The maximum atomic E-state index is 9.45. The normalized spacial score (nSPS) is 10.8. The second-order valence-corrected chi connectivity index (χ2v) is 1.25. The van der Waals surface area contributed by atoms with Gasteiger partial charge in [0.1, 0.15) is 0 Å². The minimum absolute atomic E-state index is 0.593. The maximum absolute atomic E-state index is 9.45. The molecule has 0 fully saturated rings. The second kappa shape index (κ2) is 4.14. The molecule has 0 saturated carbocycles. The smallest absolute Gasteiger partial charge is 0.343 e. The summed E-state index contributed by atoms with van der Waals surface area (Å²) in [6.07, 6.45) is 0. The molecule has 0 aromatic carbocycles. The van der Waals surface area contributed by atoms with Crippen LogP contribution in [0.5, 0.6) is 0 Å². The van der Waals surface area contributed by atoms with E-state index in [2.05, 4.69) is 4.43 Å². The summed E-state index contributed by atoms with van der Waals surface area (Å²) in [5.41, 5.74) is 0. The third kappa shape index (κ3) is 4.14. The van der Waals surface area contributed by atoms with Gasteiger partial charge in [-0.25, -0.2) is 0 Å². The van der Waals surface area contributed by atoms with Gasteiger partial charge in [0.05, 0.1) is 0 Å². The van der Waals surface area contributed by atoms with E-state index in [0.717, 1.165) is 0 Å². The molecule has 0 aromatic heterocycles. The zero-order valence-corrected chi connectivity index (χ0v) is 4.64. The molecule has 3 heteroatoms. The molecule has 0 aliphatic heterocycles. The van der Waals surface area contributed by atoms with Crippen molar-refractivity contribution >= 4 is 10.0 Å². The number of rotatable bonds is 2. The zero-order chi connectivity index (χ0) is 4.12. The fourth-order valence-corrected chi connectivity index (χ4v) is 0.250. The van der Waals surface area contributed by atoms with E-state index in [1.165, 1.54) is 0 Å². The molecule has 1 radical (unpaired) electrons. The van der Waals surface area contributed by atoms with Gasteiger partial charge < -0.3 is 4.43 Å². The molecule has 0 heterocycles. The largest absolute Gasteiger partial charge is 0.398 e. The van der Waals surface area contributed by atoms with Gasteiger partial charge in [-0.2, -0.15) is 0 Å². The van der Waals surface area contributed by atoms with Crippen molar-refractivity contribution in [2.45, 2.75) is 6.92 Å². The van der Waals surface area contributed by atoms with Crippen LogP contribution >= 0.6 is 0 Å². The van der Waals surface area contributed by atoms with Gasteiger partial charge in [-0.05, 0) is 6.92 Å². The summed E-state index contributed by atoms with van der Waals surface area (Å²) in [7, 11) is -1.34. The van der Waals surface area contributed by atoms with Crippen LogP contribution in [0.3, 0.4) is 0 Å². The third-order valence-electron chi connectivity index (χ3n) is 0.287. The predicted molar refractivity (Wildman–Crippen MR) is 20.9 cm³/mol. The van der Waals surface area contributed by atoms with E-state index in [1.807, 2.05) is 6.92 Å². The van der Waals surface area contributed by atoms with E-state index in [9.17, 15) is 4.80 Å². The van der Waals surface area contributed by atoms with Crippen LogP contribution in [-0.2, 0) is 9.22 Å². The van der Waals surface area contributed by atoms with Gasteiger partial charge in [0.2, 0.25) is 0 Å². The third-order valence-corrected chi connectivity index (χ3v) is 0.862. The minimum atomic E-state index is -1.34. The van der Waals surface area contributed by atoms with Gasteiger partial charge in [-0.3, -0.25) is 4.80 Å². The standard InChI is InChI=1S/C2H7O2Si/c1-2-4-5-3/h2,5H2,1H3. The number of hydrogen-bond donors (Lipinski definition) is 0. The molecule has 5 heavy (non-hydrogen) atoms. The molecule has 0 unspecified atom stereocenters. The van der Waals surface area contributed by atoms with Gasteiger partial charge >= 0.3 is 10.0 Å². The first-order chi connectivity index (χ1) is 2.41. The van der Waals surface area contributed by atoms with Crippen LogP contribution in [0.1, 0.15) is 6.92 Å². The molecule has 0 atom stereocenters. The maximum Gasteiger partial charge on any atom is 0.343 e. The quantitative estimate of drug-likeness (QED) is 0.419. The Bertz CT molecular complexity index is 15.1. The fraction of sp³-hybridized carbons (Fsp3) is 1.00. The van der Waals surface area contributed by atoms with Gasteiger partial charge in [0, 0.05) is 6.61 Å². The molecule has 0 spiro atoms. The van der Waals surface area contributed by atoms with Crippen LogP contribution < -0.4 is 0 Å². The first-order valence-electron chi connectivity index (χ1n) is 1.57. The summed E-state index contributed by atoms with van der Waals surface area (Å²) >= 11 is 0. The molecule has 0 amide bonds. The molecule has 0 aromatic rings. The summed E-state index contributed by atoms with van der Waals surface area (Å²) in [6.45, 7) is 2.42. The number of hydrogen-bond acceptors (Lipinski definition) is 1. The summed E-state index contributed by atoms with van der Waals surface area (Å²) in [5, 5.41) is 0. The Morgan fingerprint density at radius 3 is 2.60 bits per heavy atom. The van der Waals surface area contributed by atoms with E-state index in [4.69, 9.17) is 0 Å². The van der Waals surface area contributed by atoms with Crippen LogP contribution in [0.25, 0.3) is 0 Å². The van der Waals surface area contributed by atoms with Crippen LogP contribution in [0, 0.1) is 0 Å². The molecule has 0 N–H and O–H groups in total. The van der Waals surface area contributed by atoms with Gasteiger partial charge in [0.25, 0.3) is 0 Å². The van der Waals surface area contributed by atoms with Crippen molar-refractivity contribution in [1.29, 1.82) is 0 Å². The highest BCUT2D eigenvalue weighted by Crippen LogP contribution is 1.58. The Morgan fingerprint density at radius 1 is 2.00 bits per heavy atom. The van der Waals surface area contributed by atoms with Crippen LogP contribution in [0.15, 0.2) is 0 Å². The van der Waals surface area contributed by atoms with Crippen LogP contribution in [0.2, 0.25) is 0 Å². The first-order valence-corrected chi connectivity index (χ1v) is 2.73. The predicted octanol–water partition coefficient (Wildman–Crippen LogP) is -0.548. The summed E-state index contributed by atoms with van der Waals surface area (Å²) in [6, 6.07) is 0. The Kier molecular flexibility index (Phi) is 4.25. The van der Waals surface area contributed by atoms with Crippen molar-refractivity contribution in [2.24, 2.45) is 0 Å². The van der Waals surface area contributed by atoms with Crippen molar-refractivity contribution in [2.75, 3.05) is 6.61 Å². The Labute approximate surface area is 33.8 Å². The highest BCUT2D eigenvalue weighted by molar-refractivity contribution is 6.15. The summed E-state index contributed by atoms with van der Waals surface area (Å²) in [4.78, 5) is 9.45. The van der Waals surface area contributed by atoms with Gasteiger partial charge in [-0.15, -0.1) is 0 Å². The monoisotopic (exact) mass is 91.0 g/mol. The summed E-state index contributed by atoms with van der Waals surface area (Å²) < 4.78 is 4.42. The molecule has 0 aliphatic carbocycles. The van der Waals surface area contributed by atoms with E-state index >= 15 is 0 Å². The van der Waals surface area contributed by atoms with Crippen molar-refractivity contribution < 1.29 is 9.22 Å². The van der Waals surface area contributed by atoms with Gasteiger partial charge in [-0.1, -0.05) is 0 Å². The Hall–Kier alpha value is 0.137. The van der Waals surface area contributed by atoms with E-state index in [0.29, 0.717) is 6.61 Å². The van der Waals surface area contributed by atoms with Crippen LogP contribution in [0.4, 0.5) is 0 Å². The summed E-state index contributed by atoms with van der Waals surface area (Å²) in [5.74, 6) is 0. The molecule has 0 aliphatic rings. The highest BCUT2D eigenvalue weighted by Gasteiger charge is 1.70. The lowest BCUT2D eigenvalue weighted by molar-refractivity contribution is 0.271. The average Bonchev–Trinajstić information content (AvgIpc) is 1.41. The van der Waals surface area contributed by atoms with E-state index in [1.54, 1.807) is 0 Å². The van der Waals surface area contributed by atoms with E-state index in [-0.39, 0.29) is 0 Å². The SMILES string of the molecule is CCO[SiH2][O].